The highest BCUT2D eigenvalue weighted by Gasteiger charge is 2.36. The van der Waals surface area contributed by atoms with Crippen molar-refractivity contribution < 1.29 is 4.79 Å². The molecule has 0 bridgehead atoms. The maximum absolute atomic E-state index is 12.9. The first-order valence-electron chi connectivity index (χ1n) is 9.24. The molecular formula is C20H25N3O2. The van der Waals surface area contributed by atoms with Gasteiger partial charge in [-0.15, -0.1) is 0 Å². The van der Waals surface area contributed by atoms with Crippen LogP contribution >= 0.6 is 0 Å². The lowest BCUT2D eigenvalue weighted by molar-refractivity contribution is 0.0935. The molecule has 2 aromatic rings. The van der Waals surface area contributed by atoms with Gasteiger partial charge in [0.15, 0.2) is 0 Å². The minimum absolute atomic E-state index is 0.00194. The molecule has 0 unspecified atom stereocenters. The van der Waals surface area contributed by atoms with Crippen molar-refractivity contribution in [3.8, 4) is 0 Å². The summed E-state index contributed by atoms with van der Waals surface area (Å²) in [7, 11) is 0. The third kappa shape index (κ3) is 2.86. The molecule has 1 amide bonds. The highest BCUT2D eigenvalue weighted by atomic mass is 16.2. The van der Waals surface area contributed by atoms with Gasteiger partial charge in [-0.1, -0.05) is 18.2 Å². The minimum Gasteiger partial charge on any atom is -0.348 e. The Labute approximate surface area is 147 Å². The number of amides is 1. The van der Waals surface area contributed by atoms with Gasteiger partial charge in [-0.2, -0.15) is 0 Å². The molecule has 1 aromatic carbocycles. The molecule has 4 rings (SSSR count). The average molecular weight is 339 g/mol. The summed E-state index contributed by atoms with van der Waals surface area (Å²) in [5, 5.41) is 4.03. The number of nitrogens with zero attached hydrogens (tertiary/aromatic N) is 2. The number of fused-ring (bicyclic) bond motifs is 2. The number of hydrogen-bond acceptors (Lipinski definition) is 3. The van der Waals surface area contributed by atoms with Crippen molar-refractivity contribution in [1.82, 2.24) is 14.8 Å². The summed E-state index contributed by atoms with van der Waals surface area (Å²) >= 11 is 0. The second kappa shape index (κ2) is 6.30. The second-order valence-corrected chi connectivity index (χ2v) is 7.58. The van der Waals surface area contributed by atoms with Crippen LogP contribution in [0.3, 0.4) is 0 Å². The van der Waals surface area contributed by atoms with E-state index in [0.29, 0.717) is 6.04 Å². The third-order valence-corrected chi connectivity index (χ3v) is 5.55. The van der Waals surface area contributed by atoms with Gasteiger partial charge in [0.25, 0.3) is 11.5 Å². The van der Waals surface area contributed by atoms with Gasteiger partial charge in [0.2, 0.25) is 0 Å². The molecule has 2 aliphatic rings. The van der Waals surface area contributed by atoms with Crippen molar-refractivity contribution >= 4 is 16.8 Å². The molecule has 132 valence electrons. The van der Waals surface area contributed by atoms with Gasteiger partial charge in [0.1, 0.15) is 5.56 Å². The van der Waals surface area contributed by atoms with Crippen LogP contribution in [0.1, 0.15) is 49.5 Å². The van der Waals surface area contributed by atoms with Crippen LogP contribution in [-0.2, 0) is 0 Å². The zero-order valence-electron chi connectivity index (χ0n) is 14.9. The summed E-state index contributed by atoms with van der Waals surface area (Å²) < 4.78 is 1.72. The summed E-state index contributed by atoms with van der Waals surface area (Å²) in [6.07, 6.45) is 3.48. The first kappa shape index (κ1) is 16.3. The number of aromatic nitrogens is 1. The molecule has 3 heterocycles. The first-order valence-corrected chi connectivity index (χ1v) is 9.24. The molecule has 0 aliphatic carbocycles. The van der Waals surface area contributed by atoms with Crippen molar-refractivity contribution in [3.05, 3.63) is 46.2 Å². The summed E-state index contributed by atoms with van der Waals surface area (Å²) in [4.78, 5) is 28.2. The van der Waals surface area contributed by atoms with Gasteiger partial charge in [0.05, 0.1) is 5.52 Å². The average Bonchev–Trinajstić information content (AvgIpc) is 3.15. The van der Waals surface area contributed by atoms with Gasteiger partial charge in [-0.25, -0.2) is 0 Å². The van der Waals surface area contributed by atoms with Crippen LogP contribution in [0, 0.1) is 0 Å². The third-order valence-electron chi connectivity index (χ3n) is 5.55. The van der Waals surface area contributed by atoms with Crippen LogP contribution in [0.2, 0.25) is 0 Å². The number of carbonyl (C=O) groups is 1. The molecule has 2 saturated heterocycles. The zero-order chi connectivity index (χ0) is 17.6. The first-order chi connectivity index (χ1) is 12.0. The number of para-hydroxylation sites is 1. The predicted octanol–water partition coefficient (Wildman–Crippen LogP) is 2.55. The Balaban J connectivity index is 1.65. The molecule has 0 saturated carbocycles. The molecule has 1 aromatic heterocycles. The van der Waals surface area contributed by atoms with E-state index in [0.717, 1.165) is 30.4 Å². The molecular weight excluding hydrogens is 314 g/mol. The van der Waals surface area contributed by atoms with Crippen molar-refractivity contribution in [2.45, 2.75) is 51.2 Å². The van der Waals surface area contributed by atoms with Gasteiger partial charge in [-0.05, 0) is 57.2 Å². The molecule has 1 N–H and O–H groups in total. The van der Waals surface area contributed by atoms with Crippen LogP contribution < -0.4 is 10.9 Å². The molecule has 5 nitrogen and oxygen atoms in total. The highest BCUT2D eigenvalue weighted by Crippen LogP contribution is 2.27. The van der Waals surface area contributed by atoms with Crippen molar-refractivity contribution in [1.29, 1.82) is 0 Å². The fourth-order valence-electron chi connectivity index (χ4n) is 4.42. The Morgan fingerprint density at radius 3 is 2.84 bits per heavy atom. The van der Waals surface area contributed by atoms with Crippen molar-refractivity contribution in [3.63, 3.8) is 0 Å². The highest BCUT2D eigenvalue weighted by molar-refractivity contribution is 5.97. The molecule has 0 radical (unpaired) electrons. The Bertz CT molecular complexity index is 859. The van der Waals surface area contributed by atoms with E-state index in [1.165, 1.54) is 12.8 Å². The summed E-state index contributed by atoms with van der Waals surface area (Å²) in [5.74, 6) is -0.240. The van der Waals surface area contributed by atoms with Crippen molar-refractivity contribution in [2.75, 3.05) is 13.1 Å². The van der Waals surface area contributed by atoms with Gasteiger partial charge >= 0.3 is 0 Å². The molecule has 25 heavy (non-hydrogen) atoms. The zero-order valence-corrected chi connectivity index (χ0v) is 14.9. The maximum atomic E-state index is 12.9. The number of rotatable bonds is 3. The smallest absolute Gasteiger partial charge is 0.264 e. The Kier molecular flexibility index (Phi) is 4.12. The summed E-state index contributed by atoms with van der Waals surface area (Å²) in [5.41, 5.74) is 0.921. The Morgan fingerprint density at radius 2 is 2.08 bits per heavy atom. The number of nitrogens with one attached hydrogen (secondary N) is 1. The monoisotopic (exact) mass is 339 g/mol. The van der Waals surface area contributed by atoms with E-state index in [4.69, 9.17) is 0 Å². The molecule has 2 fully saturated rings. The topological polar surface area (TPSA) is 54.3 Å². The van der Waals surface area contributed by atoms with Gasteiger partial charge in [0, 0.05) is 24.7 Å². The van der Waals surface area contributed by atoms with Gasteiger partial charge < -0.3 is 9.88 Å². The Hall–Kier alpha value is -2.14. The van der Waals surface area contributed by atoms with Crippen LogP contribution in [0.4, 0.5) is 0 Å². The standard InChI is InChI=1S/C20H25N3O2/c1-13(2)23-18-8-4-3-6-14(18)10-17(20(23)25)19(24)21-15-11-16-7-5-9-22(16)12-15/h3-4,6,8,10,13,15-16H,5,7,9,11-12H2,1-2H3,(H,21,24)/t15-,16-/m0/s1. The lowest BCUT2D eigenvalue weighted by atomic mass is 10.1. The predicted molar refractivity (Wildman–Crippen MR) is 99.1 cm³/mol. The van der Waals surface area contributed by atoms with Crippen molar-refractivity contribution in [2.24, 2.45) is 0 Å². The van der Waals surface area contributed by atoms with E-state index in [9.17, 15) is 9.59 Å². The fourth-order valence-corrected chi connectivity index (χ4v) is 4.42. The lowest BCUT2D eigenvalue weighted by Crippen LogP contribution is -2.40. The number of pyridine rings is 1. The van der Waals surface area contributed by atoms with Gasteiger partial charge in [-0.3, -0.25) is 14.5 Å². The lowest BCUT2D eigenvalue weighted by Gasteiger charge is -2.17. The number of benzene rings is 1. The molecule has 2 atom stereocenters. The van der Waals surface area contributed by atoms with E-state index >= 15 is 0 Å². The van der Waals surface area contributed by atoms with E-state index < -0.39 is 0 Å². The SMILES string of the molecule is CC(C)n1c(=O)c(C(=O)N[C@H]2C[C@@H]3CCCN3C2)cc2ccccc21. The number of carbonyl (C=O) groups excluding carboxylic acids is 1. The largest absolute Gasteiger partial charge is 0.348 e. The molecule has 5 heteroatoms. The van der Waals surface area contributed by atoms with Crippen LogP contribution in [-0.4, -0.2) is 40.5 Å². The maximum Gasteiger partial charge on any atom is 0.264 e. The van der Waals surface area contributed by atoms with E-state index in [1.54, 1.807) is 10.6 Å². The normalized spacial score (nSPS) is 23.3. The summed E-state index contributed by atoms with van der Waals surface area (Å²) in [6, 6.07) is 10.2. The second-order valence-electron chi connectivity index (χ2n) is 7.58. The van der Waals surface area contributed by atoms with E-state index in [2.05, 4.69) is 10.2 Å². The Morgan fingerprint density at radius 1 is 1.28 bits per heavy atom. The van der Waals surface area contributed by atoms with Crippen LogP contribution in [0.5, 0.6) is 0 Å². The van der Waals surface area contributed by atoms with E-state index in [-0.39, 0.29) is 29.1 Å². The van der Waals surface area contributed by atoms with Crippen LogP contribution in [0.25, 0.3) is 10.9 Å². The molecule has 0 spiro atoms. The quantitative estimate of drug-likeness (QED) is 0.935. The molecule has 2 aliphatic heterocycles. The summed E-state index contributed by atoms with van der Waals surface area (Å²) in [6.45, 7) is 5.98. The number of hydrogen-bond donors (Lipinski definition) is 1. The van der Waals surface area contributed by atoms with Crippen LogP contribution in [0.15, 0.2) is 35.1 Å². The fraction of sp³-hybridized carbons (Fsp3) is 0.500. The van der Waals surface area contributed by atoms with E-state index in [1.807, 2.05) is 38.1 Å². The minimum atomic E-state index is -0.240.